The van der Waals surface area contributed by atoms with Crippen LogP contribution in [0.3, 0.4) is 0 Å². The SMILES string of the molecule is CCOC(=O)C(=O)CC(=O)c1cccs1. The molecule has 0 N–H and O–H groups in total. The lowest BCUT2D eigenvalue weighted by atomic mass is 10.2. The summed E-state index contributed by atoms with van der Waals surface area (Å²) in [4.78, 5) is 34.0. The standard InChI is InChI=1S/C10H10O4S/c1-2-14-10(13)8(12)6-7(11)9-4-3-5-15-9/h3-5H,2,6H2,1H3. The van der Waals surface area contributed by atoms with E-state index in [2.05, 4.69) is 4.74 Å². The summed E-state index contributed by atoms with van der Waals surface area (Å²) in [6.45, 7) is 1.74. The van der Waals surface area contributed by atoms with Gasteiger partial charge in [0.2, 0.25) is 5.78 Å². The molecule has 1 rings (SSSR count). The average Bonchev–Trinajstić information content (AvgIpc) is 2.70. The molecule has 5 heteroatoms. The molecule has 0 atom stereocenters. The molecule has 0 aliphatic carbocycles. The maximum absolute atomic E-state index is 11.4. The zero-order chi connectivity index (χ0) is 11.3. The Labute approximate surface area is 90.9 Å². The first kappa shape index (κ1) is 11.6. The second kappa shape index (κ2) is 5.41. The molecule has 4 nitrogen and oxygen atoms in total. The highest BCUT2D eigenvalue weighted by Crippen LogP contribution is 2.11. The van der Waals surface area contributed by atoms with E-state index in [1.54, 1.807) is 24.4 Å². The molecule has 15 heavy (non-hydrogen) atoms. The van der Waals surface area contributed by atoms with Crippen LogP contribution in [0.1, 0.15) is 23.0 Å². The Morgan fingerprint density at radius 2 is 2.13 bits per heavy atom. The molecule has 0 amide bonds. The lowest BCUT2D eigenvalue weighted by Crippen LogP contribution is -2.20. The topological polar surface area (TPSA) is 60.4 Å². The molecule has 0 spiro atoms. The van der Waals surface area contributed by atoms with E-state index in [1.807, 2.05) is 0 Å². The van der Waals surface area contributed by atoms with E-state index in [0.29, 0.717) is 4.88 Å². The van der Waals surface area contributed by atoms with E-state index in [-0.39, 0.29) is 12.4 Å². The van der Waals surface area contributed by atoms with Gasteiger partial charge in [0.25, 0.3) is 0 Å². The molecule has 0 unspecified atom stereocenters. The van der Waals surface area contributed by atoms with Crippen LogP contribution in [0.5, 0.6) is 0 Å². The first-order chi connectivity index (χ1) is 7.15. The lowest BCUT2D eigenvalue weighted by Gasteiger charge is -1.98. The van der Waals surface area contributed by atoms with E-state index in [0.717, 1.165) is 0 Å². The van der Waals surface area contributed by atoms with Gasteiger partial charge < -0.3 is 4.74 Å². The van der Waals surface area contributed by atoms with Crippen molar-refractivity contribution in [2.24, 2.45) is 0 Å². The van der Waals surface area contributed by atoms with E-state index in [9.17, 15) is 14.4 Å². The van der Waals surface area contributed by atoms with Crippen molar-refractivity contribution in [3.05, 3.63) is 22.4 Å². The zero-order valence-corrected chi connectivity index (χ0v) is 9.00. The normalized spacial score (nSPS) is 9.67. The van der Waals surface area contributed by atoms with Gasteiger partial charge in [-0.3, -0.25) is 9.59 Å². The summed E-state index contributed by atoms with van der Waals surface area (Å²) in [6.07, 6.45) is -0.417. The molecule has 1 aromatic heterocycles. The summed E-state index contributed by atoms with van der Waals surface area (Å²) >= 11 is 1.24. The highest BCUT2D eigenvalue weighted by atomic mass is 32.1. The molecule has 0 radical (unpaired) electrons. The summed E-state index contributed by atoms with van der Waals surface area (Å²) in [6, 6.07) is 3.33. The summed E-state index contributed by atoms with van der Waals surface area (Å²) in [5, 5.41) is 1.74. The molecule has 0 fully saturated rings. The van der Waals surface area contributed by atoms with Gasteiger partial charge in [0.1, 0.15) is 0 Å². The molecule has 1 heterocycles. The molecule has 80 valence electrons. The average molecular weight is 226 g/mol. The number of Topliss-reactive ketones (excluding diaryl/α,β-unsaturated/α-hetero) is 2. The third-order valence-electron chi connectivity index (χ3n) is 1.62. The van der Waals surface area contributed by atoms with Crippen LogP contribution >= 0.6 is 11.3 Å². The number of ketones is 2. The number of carbonyl (C=O) groups is 3. The van der Waals surface area contributed by atoms with Crippen LogP contribution in [0.2, 0.25) is 0 Å². The monoisotopic (exact) mass is 226 g/mol. The highest BCUT2D eigenvalue weighted by molar-refractivity contribution is 7.12. The Morgan fingerprint density at radius 3 is 2.67 bits per heavy atom. The highest BCUT2D eigenvalue weighted by Gasteiger charge is 2.20. The number of thiophene rings is 1. The summed E-state index contributed by atoms with van der Waals surface area (Å²) < 4.78 is 4.48. The van der Waals surface area contributed by atoms with Crippen molar-refractivity contribution >= 4 is 28.9 Å². The van der Waals surface area contributed by atoms with Crippen molar-refractivity contribution in [1.82, 2.24) is 0 Å². The minimum Gasteiger partial charge on any atom is -0.460 e. The maximum atomic E-state index is 11.4. The first-order valence-electron chi connectivity index (χ1n) is 4.41. The zero-order valence-electron chi connectivity index (χ0n) is 8.19. The fraction of sp³-hybridized carbons (Fsp3) is 0.300. The third-order valence-corrected chi connectivity index (χ3v) is 2.53. The van der Waals surface area contributed by atoms with Crippen LogP contribution in [0, 0.1) is 0 Å². The molecule has 1 aromatic rings. The number of esters is 1. The Morgan fingerprint density at radius 1 is 1.40 bits per heavy atom. The molecule has 0 aromatic carbocycles. The number of hydrogen-bond donors (Lipinski definition) is 0. The lowest BCUT2D eigenvalue weighted by molar-refractivity contribution is -0.153. The molecule has 0 aliphatic heterocycles. The summed E-state index contributed by atoms with van der Waals surface area (Å²) in [5.74, 6) is -2.08. The van der Waals surface area contributed by atoms with Gasteiger partial charge >= 0.3 is 5.97 Å². The largest absolute Gasteiger partial charge is 0.460 e. The minimum absolute atomic E-state index is 0.137. The Hall–Kier alpha value is -1.49. The van der Waals surface area contributed by atoms with E-state index < -0.39 is 18.2 Å². The molecule has 0 saturated heterocycles. The molecule has 0 saturated carbocycles. The van der Waals surface area contributed by atoms with Crippen molar-refractivity contribution in [3.63, 3.8) is 0 Å². The smallest absolute Gasteiger partial charge is 0.375 e. The number of carbonyl (C=O) groups excluding carboxylic acids is 3. The van der Waals surface area contributed by atoms with Gasteiger partial charge in [-0.2, -0.15) is 0 Å². The van der Waals surface area contributed by atoms with Gasteiger partial charge in [-0.05, 0) is 18.4 Å². The van der Waals surface area contributed by atoms with Gasteiger partial charge in [0.05, 0.1) is 17.9 Å². The predicted octanol–water partition coefficient (Wildman–Crippen LogP) is 1.45. The minimum atomic E-state index is -0.942. The second-order valence-electron chi connectivity index (χ2n) is 2.72. The molecular weight excluding hydrogens is 216 g/mol. The van der Waals surface area contributed by atoms with Crippen LogP contribution in [-0.4, -0.2) is 24.1 Å². The van der Waals surface area contributed by atoms with Crippen molar-refractivity contribution in [2.45, 2.75) is 13.3 Å². The molecule has 0 bridgehead atoms. The molecular formula is C10H10O4S. The van der Waals surface area contributed by atoms with Gasteiger partial charge in [-0.25, -0.2) is 4.79 Å². The maximum Gasteiger partial charge on any atom is 0.375 e. The number of ether oxygens (including phenoxy) is 1. The van der Waals surface area contributed by atoms with E-state index >= 15 is 0 Å². The fourth-order valence-corrected chi connectivity index (χ4v) is 1.62. The van der Waals surface area contributed by atoms with Crippen molar-refractivity contribution in [2.75, 3.05) is 6.61 Å². The Balaban J connectivity index is 2.52. The first-order valence-corrected chi connectivity index (χ1v) is 5.29. The van der Waals surface area contributed by atoms with Crippen LogP contribution in [0.4, 0.5) is 0 Å². The summed E-state index contributed by atoms with van der Waals surface area (Å²) in [7, 11) is 0. The van der Waals surface area contributed by atoms with E-state index in [1.165, 1.54) is 11.3 Å². The quantitative estimate of drug-likeness (QED) is 0.330. The van der Waals surface area contributed by atoms with Crippen LogP contribution < -0.4 is 0 Å². The number of rotatable bonds is 5. The third kappa shape index (κ3) is 3.28. The van der Waals surface area contributed by atoms with Gasteiger partial charge in [-0.15, -0.1) is 11.3 Å². The van der Waals surface area contributed by atoms with Crippen LogP contribution in [0.25, 0.3) is 0 Å². The fourth-order valence-electron chi connectivity index (χ4n) is 0.954. The van der Waals surface area contributed by atoms with Crippen LogP contribution in [-0.2, 0) is 14.3 Å². The van der Waals surface area contributed by atoms with Crippen molar-refractivity contribution in [1.29, 1.82) is 0 Å². The second-order valence-corrected chi connectivity index (χ2v) is 3.67. The van der Waals surface area contributed by atoms with Crippen molar-refractivity contribution in [3.8, 4) is 0 Å². The molecule has 0 aliphatic rings. The van der Waals surface area contributed by atoms with E-state index in [4.69, 9.17) is 0 Å². The van der Waals surface area contributed by atoms with Crippen LogP contribution in [0.15, 0.2) is 17.5 Å². The number of hydrogen-bond acceptors (Lipinski definition) is 5. The van der Waals surface area contributed by atoms with Gasteiger partial charge in [0.15, 0.2) is 5.78 Å². The Bertz CT molecular complexity index is 367. The van der Waals surface area contributed by atoms with Crippen molar-refractivity contribution < 1.29 is 19.1 Å². The Kier molecular flexibility index (Phi) is 4.17. The van der Waals surface area contributed by atoms with Gasteiger partial charge in [0, 0.05) is 0 Å². The predicted molar refractivity (Wildman–Crippen MR) is 54.9 cm³/mol. The van der Waals surface area contributed by atoms with Gasteiger partial charge in [-0.1, -0.05) is 6.07 Å². The summed E-state index contributed by atoms with van der Waals surface area (Å²) in [5.41, 5.74) is 0.